The monoisotopic (exact) mass is 283 g/mol. The molecule has 0 aliphatic carbocycles. The fourth-order valence-electron chi connectivity index (χ4n) is 1.54. The summed E-state index contributed by atoms with van der Waals surface area (Å²) in [5.74, 6) is -1.81. The Hall–Kier alpha value is -1.66. The van der Waals surface area contributed by atoms with Crippen molar-refractivity contribution in [3.05, 3.63) is 43.0 Å². The fraction of sp³-hybridized carbons (Fsp3) is 0.308. The normalized spacial score (nSPS) is 13.2. The number of carboxylic acids is 1. The SMILES string of the molecule is C=CCN(CC(C)C(=O)O)S(=O)(=O)c1ccccc1. The van der Waals surface area contributed by atoms with Gasteiger partial charge in [-0.1, -0.05) is 31.2 Å². The van der Waals surface area contributed by atoms with Gasteiger partial charge in [-0.2, -0.15) is 4.31 Å². The maximum Gasteiger partial charge on any atom is 0.307 e. The highest BCUT2D eigenvalue weighted by Crippen LogP contribution is 2.16. The van der Waals surface area contributed by atoms with Gasteiger partial charge in [-0.15, -0.1) is 6.58 Å². The van der Waals surface area contributed by atoms with E-state index in [1.165, 1.54) is 25.1 Å². The third-order valence-corrected chi connectivity index (χ3v) is 4.46. The van der Waals surface area contributed by atoms with Crippen molar-refractivity contribution in [2.24, 2.45) is 5.92 Å². The molecule has 6 heteroatoms. The number of aliphatic carboxylic acids is 1. The highest BCUT2D eigenvalue weighted by atomic mass is 32.2. The number of nitrogens with zero attached hydrogens (tertiary/aromatic N) is 1. The first-order valence-electron chi connectivity index (χ1n) is 5.78. The van der Waals surface area contributed by atoms with Gasteiger partial charge in [0.1, 0.15) is 0 Å². The second kappa shape index (κ2) is 6.49. The van der Waals surface area contributed by atoms with E-state index < -0.39 is 21.9 Å². The fourth-order valence-corrected chi connectivity index (χ4v) is 3.06. The third kappa shape index (κ3) is 3.90. The summed E-state index contributed by atoms with van der Waals surface area (Å²) < 4.78 is 25.9. The number of hydrogen-bond donors (Lipinski definition) is 1. The van der Waals surface area contributed by atoms with Crippen LogP contribution >= 0.6 is 0 Å². The van der Waals surface area contributed by atoms with Gasteiger partial charge in [-0.3, -0.25) is 4.79 Å². The molecule has 19 heavy (non-hydrogen) atoms. The van der Waals surface area contributed by atoms with Crippen molar-refractivity contribution >= 4 is 16.0 Å². The number of sulfonamides is 1. The van der Waals surface area contributed by atoms with Crippen molar-refractivity contribution in [1.29, 1.82) is 0 Å². The molecular formula is C13H17NO4S. The number of carboxylic acid groups (broad SMARTS) is 1. The van der Waals surface area contributed by atoms with Gasteiger partial charge in [-0.25, -0.2) is 8.42 Å². The third-order valence-electron chi connectivity index (χ3n) is 2.61. The maximum atomic E-state index is 12.4. The lowest BCUT2D eigenvalue weighted by Gasteiger charge is -2.22. The Bertz CT molecular complexity index is 539. The lowest BCUT2D eigenvalue weighted by molar-refractivity contribution is -0.141. The molecule has 0 aromatic heterocycles. The molecule has 0 heterocycles. The van der Waals surface area contributed by atoms with Crippen LogP contribution in [-0.4, -0.2) is 36.9 Å². The average molecular weight is 283 g/mol. The number of rotatable bonds is 7. The minimum atomic E-state index is -3.69. The molecule has 1 unspecified atom stereocenters. The molecule has 0 saturated heterocycles. The molecule has 0 radical (unpaired) electrons. The standard InChI is InChI=1S/C13H17NO4S/c1-3-9-14(10-11(2)13(15)16)19(17,18)12-7-5-4-6-8-12/h3-8,11H,1,9-10H2,2H3,(H,15,16). The first-order chi connectivity index (χ1) is 8.89. The molecule has 1 aromatic rings. The second-order valence-electron chi connectivity index (χ2n) is 4.16. The predicted octanol–water partition coefficient (Wildman–Crippen LogP) is 1.58. The Labute approximate surface area is 113 Å². The van der Waals surface area contributed by atoms with Crippen molar-refractivity contribution in [3.63, 3.8) is 0 Å². The number of carbonyl (C=O) groups is 1. The van der Waals surface area contributed by atoms with E-state index in [2.05, 4.69) is 6.58 Å². The summed E-state index contributed by atoms with van der Waals surface area (Å²) in [6.07, 6.45) is 1.44. The highest BCUT2D eigenvalue weighted by molar-refractivity contribution is 7.89. The zero-order valence-electron chi connectivity index (χ0n) is 10.7. The predicted molar refractivity (Wildman–Crippen MR) is 72.2 cm³/mol. The van der Waals surface area contributed by atoms with Crippen molar-refractivity contribution < 1.29 is 18.3 Å². The van der Waals surface area contributed by atoms with Crippen LogP contribution in [0, 0.1) is 5.92 Å². The van der Waals surface area contributed by atoms with Gasteiger partial charge in [0.05, 0.1) is 10.8 Å². The Morgan fingerprint density at radius 3 is 2.47 bits per heavy atom. The van der Waals surface area contributed by atoms with Crippen LogP contribution in [0.4, 0.5) is 0 Å². The lowest BCUT2D eigenvalue weighted by Crippen LogP contribution is -2.37. The van der Waals surface area contributed by atoms with E-state index in [-0.39, 0.29) is 18.0 Å². The van der Waals surface area contributed by atoms with Crippen molar-refractivity contribution in [2.75, 3.05) is 13.1 Å². The molecule has 104 valence electrons. The minimum Gasteiger partial charge on any atom is -0.481 e. The molecular weight excluding hydrogens is 266 g/mol. The molecule has 0 saturated carbocycles. The van der Waals surface area contributed by atoms with Crippen molar-refractivity contribution in [3.8, 4) is 0 Å². The van der Waals surface area contributed by atoms with Crippen LogP contribution in [0.3, 0.4) is 0 Å². The van der Waals surface area contributed by atoms with Crippen molar-refractivity contribution in [2.45, 2.75) is 11.8 Å². The maximum absolute atomic E-state index is 12.4. The first-order valence-corrected chi connectivity index (χ1v) is 7.22. The van der Waals surface area contributed by atoms with E-state index in [1.807, 2.05) is 0 Å². The minimum absolute atomic E-state index is 0.0782. The molecule has 1 atom stereocenters. The smallest absolute Gasteiger partial charge is 0.307 e. The van der Waals surface area contributed by atoms with Crippen LogP contribution in [0.1, 0.15) is 6.92 Å². The van der Waals surface area contributed by atoms with Crippen LogP contribution in [0.2, 0.25) is 0 Å². The van der Waals surface area contributed by atoms with Gasteiger partial charge in [0.2, 0.25) is 10.0 Å². The van der Waals surface area contributed by atoms with E-state index in [9.17, 15) is 13.2 Å². The van der Waals surface area contributed by atoms with Crippen LogP contribution in [0.25, 0.3) is 0 Å². The Kier molecular flexibility index (Phi) is 5.26. The average Bonchev–Trinajstić information content (AvgIpc) is 2.39. The molecule has 5 nitrogen and oxygen atoms in total. The van der Waals surface area contributed by atoms with Crippen LogP contribution in [0.5, 0.6) is 0 Å². The summed E-state index contributed by atoms with van der Waals surface area (Å²) in [6.45, 7) is 4.97. The molecule has 1 aromatic carbocycles. The van der Waals surface area contributed by atoms with E-state index >= 15 is 0 Å². The van der Waals surface area contributed by atoms with Gasteiger partial charge in [0, 0.05) is 13.1 Å². The Morgan fingerprint density at radius 2 is 2.00 bits per heavy atom. The Morgan fingerprint density at radius 1 is 1.42 bits per heavy atom. The zero-order valence-corrected chi connectivity index (χ0v) is 11.5. The van der Waals surface area contributed by atoms with Gasteiger partial charge >= 0.3 is 5.97 Å². The van der Waals surface area contributed by atoms with E-state index in [4.69, 9.17) is 5.11 Å². The molecule has 0 spiro atoms. The van der Waals surface area contributed by atoms with E-state index in [0.717, 1.165) is 4.31 Å². The van der Waals surface area contributed by atoms with E-state index in [0.29, 0.717) is 0 Å². The number of hydrogen-bond acceptors (Lipinski definition) is 3. The summed E-state index contributed by atoms with van der Waals surface area (Å²) in [5, 5.41) is 8.89. The topological polar surface area (TPSA) is 74.7 Å². The van der Waals surface area contributed by atoms with Crippen LogP contribution < -0.4 is 0 Å². The van der Waals surface area contributed by atoms with Crippen LogP contribution in [-0.2, 0) is 14.8 Å². The summed E-state index contributed by atoms with van der Waals surface area (Å²) >= 11 is 0. The number of benzene rings is 1. The van der Waals surface area contributed by atoms with Gasteiger partial charge < -0.3 is 5.11 Å². The van der Waals surface area contributed by atoms with Gasteiger partial charge in [0.25, 0.3) is 0 Å². The molecule has 1 rings (SSSR count). The summed E-state index contributed by atoms with van der Waals surface area (Å²) in [4.78, 5) is 11.0. The van der Waals surface area contributed by atoms with Crippen molar-refractivity contribution in [1.82, 2.24) is 4.31 Å². The van der Waals surface area contributed by atoms with Gasteiger partial charge in [0.15, 0.2) is 0 Å². The zero-order chi connectivity index (χ0) is 14.5. The lowest BCUT2D eigenvalue weighted by atomic mass is 10.2. The summed E-state index contributed by atoms with van der Waals surface area (Å²) in [6, 6.07) is 7.93. The second-order valence-corrected chi connectivity index (χ2v) is 6.10. The summed E-state index contributed by atoms with van der Waals surface area (Å²) in [5.41, 5.74) is 0. The molecule has 0 aliphatic heterocycles. The summed E-state index contributed by atoms with van der Waals surface area (Å²) in [7, 11) is -3.69. The van der Waals surface area contributed by atoms with E-state index in [1.54, 1.807) is 18.2 Å². The molecule has 0 aliphatic rings. The molecule has 1 N–H and O–H groups in total. The Balaban J connectivity index is 3.05. The largest absolute Gasteiger partial charge is 0.481 e. The molecule has 0 bridgehead atoms. The van der Waals surface area contributed by atoms with Gasteiger partial charge in [-0.05, 0) is 12.1 Å². The first kappa shape index (κ1) is 15.4. The molecule has 0 amide bonds. The highest BCUT2D eigenvalue weighted by Gasteiger charge is 2.26. The molecule has 0 fully saturated rings. The quantitative estimate of drug-likeness (QED) is 0.771. The van der Waals surface area contributed by atoms with Crippen LogP contribution in [0.15, 0.2) is 47.9 Å².